The monoisotopic (exact) mass is 256 g/mol. The Hall–Kier alpha value is -1.74. The van der Waals surface area contributed by atoms with Crippen LogP contribution in [0.25, 0.3) is 0 Å². The molecule has 1 aliphatic heterocycles. The van der Waals surface area contributed by atoms with E-state index >= 15 is 0 Å². The van der Waals surface area contributed by atoms with Gasteiger partial charge in [0.2, 0.25) is 0 Å². The van der Waals surface area contributed by atoms with Gasteiger partial charge in [0.05, 0.1) is 12.7 Å². The molecule has 0 radical (unpaired) electrons. The first-order valence-corrected chi connectivity index (χ1v) is 6.57. The van der Waals surface area contributed by atoms with E-state index in [4.69, 9.17) is 4.74 Å². The van der Waals surface area contributed by atoms with E-state index in [-0.39, 0.29) is 5.97 Å². The lowest BCUT2D eigenvalue weighted by Gasteiger charge is -2.20. The second-order valence-electron chi connectivity index (χ2n) is 4.17. The summed E-state index contributed by atoms with van der Waals surface area (Å²) in [4.78, 5) is 14.0. The van der Waals surface area contributed by atoms with E-state index in [9.17, 15) is 4.79 Å². The van der Waals surface area contributed by atoms with Crippen molar-refractivity contribution in [3.63, 3.8) is 0 Å². The fourth-order valence-corrected chi connectivity index (χ4v) is 3.35. The quantitative estimate of drug-likeness (QED) is 0.623. The third-order valence-electron chi connectivity index (χ3n) is 3.07. The van der Waals surface area contributed by atoms with Gasteiger partial charge in [-0.05, 0) is 29.7 Å². The van der Waals surface area contributed by atoms with Gasteiger partial charge in [-0.1, -0.05) is 42.1 Å². The average molecular weight is 256 g/mol. The van der Waals surface area contributed by atoms with Crippen molar-refractivity contribution in [2.24, 2.45) is 0 Å². The van der Waals surface area contributed by atoms with E-state index in [1.165, 1.54) is 23.1 Å². The normalized spacial score (nSPS) is 12.5. The first-order valence-electron chi connectivity index (χ1n) is 5.75. The van der Waals surface area contributed by atoms with Gasteiger partial charge < -0.3 is 4.74 Å². The van der Waals surface area contributed by atoms with Gasteiger partial charge >= 0.3 is 5.97 Å². The minimum absolute atomic E-state index is 0.265. The molecule has 2 nitrogen and oxygen atoms in total. The van der Waals surface area contributed by atoms with Crippen LogP contribution in [0.2, 0.25) is 0 Å². The standard InChI is InChI=1S/C15H12O2S/c1-17-15(16)12-7-4-6-11-9-10-5-2-3-8-13(10)18-14(11)12/h2-8H,9H2,1H3. The molecule has 0 N–H and O–H groups in total. The van der Waals surface area contributed by atoms with Crippen molar-refractivity contribution in [2.75, 3.05) is 7.11 Å². The summed E-state index contributed by atoms with van der Waals surface area (Å²) in [6.45, 7) is 0. The average Bonchev–Trinajstić information content (AvgIpc) is 2.43. The van der Waals surface area contributed by atoms with Crippen LogP contribution in [-0.2, 0) is 11.2 Å². The molecule has 0 unspecified atom stereocenters. The highest BCUT2D eigenvalue weighted by atomic mass is 32.2. The van der Waals surface area contributed by atoms with Crippen LogP contribution in [0.1, 0.15) is 21.5 Å². The summed E-state index contributed by atoms with van der Waals surface area (Å²) >= 11 is 1.65. The lowest BCUT2D eigenvalue weighted by molar-refractivity contribution is 0.0596. The Morgan fingerprint density at radius 2 is 1.89 bits per heavy atom. The molecule has 0 saturated heterocycles. The van der Waals surface area contributed by atoms with Crippen LogP contribution in [0.5, 0.6) is 0 Å². The third-order valence-corrected chi connectivity index (χ3v) is 4.37. The molecule has 0 aromatic heterocycles. The number of hydrogen-bond donors (Lipinski definition) is 0. The predicted octanol–water partition coefficient (Wildman–Crippen LogP) is 3.53. The summed E-state index contributed by atoms with van der Waals surface area (Å²) in [7, 11) is 1.42. The molecule has 3 rings (SSSR count). The zero-order chi connectivity index (χ0) is 12.5. The number of esters is 1. The fraction of sp³-hybridized carbons (Fsp3) is 0.133. The van der Waals surface area contributed by atoms with Crippen LogP contribution < -0.4 is 0 Å². The highest BCUT2D eigenvalue weighted by molar-refractivity contribution is 7.99. The Labute approximate surface area is 110 Å². The molecule has 0 aliphatic carbocycles. The SMILES string of the molecule is COC(=O)c1cccc2c1Sc1ccccc1C2. The second kappa shape index (κ2) is 4.50. The van der Waals surface area contributed by atoms with Gasteiger partial charge in [-0.15, -0.1) is 0 Å². The lowest BCUT2D eigenvalue weighted by atomic mass is 10.0. The van der Waals surface area contributed by atoms with Gasteiger partial charge in [0.15, 0.2) is 0 Å². The topological polar surface area (TPSA) is 26.3 Å². The van der Waals surface area contributed by atoms with Crippen molar-refractivity contribution in [3.8, 4) is 0 Å². The number of methoxy groups -OCH3 is 1. The molecule has 1 heterocycles. The Morgan fingerprint density at radius 3 is 2.72 bits per heavy atom. The van der Waals surface area contributed by atoms with E-state index in [2.05, 4.69) is 24.3 Å². The summed E-state index contributed by atoms with van der Waals surface area (Å²) in [5.41, 5.74) is 3.17. The van der Waals surface area contributed by atoms with Crippen LogP contribution in [0.4, 0.5) is 0 Å². The highest BCUT2D eigenvalue weighted by Gasteiger charge is 2.21. The van der Waals surface area contributed by atoms with Crippen LogP contribution in [0.15, 0.2) is 52.3 Å². The molecule has 2 aromatic rings. The van der Waals surface area contributed by atoms with E-state index < -0.39 is 0 Å². The molecule has 0 saturated carbocycles. The number of hydrogen-bond acceptors (Lipinski definition) is 3. The number of carbonyl (C=O) groups is 1. The van der Waals surface area contributed by atoms with Gasteiger partial charge in [0, 0.05) is 9.79 Å². The summed E-state index contributed by atoms with van der Waals surface area (Å²) in [6, 6.07) is 14.1. The zero-order valence-electron chi connectivity index (χ0n) is 9.97. The predicted molar refractivity (Wildman–Crippen MR) is 71.2 cm³/mol. The Bertz CT molecular complexity index is 620. The molecule has 0 fully saturated rings. The van der Waals surface area contributed by atoms with E-state index in [1.54, 1.807) is 11.8 Å². The van der Waals surface area contributed by atoms with Gasteiger partial charge in [-0.25, -0.2) is 4.79 Å². The maximum absolute atomic E-state index is 11.8. The maximum Gasteiger partial charge on any atom is 0.339 e. The smallest absolute Gasteiger partial charge is 0.339 e. The van der Waals surface area contributed by atoms with Crippen molar-refractivity contribution < 1.29 is 9.53 Å². The molecule has 0 bridgehead atoms. The number of benzene rings is 2. The third kappa shape index (κ3) is 1.81. The molecule has 1 aliphatic rings. The Balaban J connectivity index is 2.10. The van der Waals surface area contributed by atoms with E-state index in [1.807, 2.05) is 18.2 Å². The summed E-state index contributed by atoms with van der Waals surface area (Å²) < 4.78 is 4.84. The summed E-state index contributed by atoms with van der Waals surface area (Å²) in [6.07, 6.45) is 0.878. The molecule has 18 heavy (non-hydrogen) atoms. The van der Waals surface area contributed by atoms with Gasteiger partial charge in [-0.2, -0.15) is 0 Å². The largest absolute Gasteiger partial charge is 0.465 e. The minimum atomic E-state index is -0.265. The number of ether oxygens (including phenoxy) is 1. The first-order chi connectivity index (χ1) is 8.79. The van der Waals surface area contributed by atoms with Crippen molar-refractivity contribution in [3.05, 3.63) is 59.2 Å². The second-order valence-corrected chi connectivity index (χ2v) is 5.22. The van der Waals surface area contributed by atoms with E-state index in [0.717, 1.165) is 11.3 Å². The van der Waals surface area contributed by atoms with Gasteiger partial charge in [0.25, 0.3) is 0 Å². The van der Waals surface area contributed by atoms with E-state index in [0.29, 0.717) is 5.56 Å². The zero-order valence-corrected chi connectivity index (χ0v) is 10.8. The van der Waals surface area contributed by atoms with Crippen molar-refractivity contribution in [1.29, 1.82) is 0 Å². The minimum Gasteiger partial charge on any atom is -0.465 e. The van der Waals surface area contributed by atoms with Crippen molar-refractivity contribution >= 4 is 17.7 Å². The molecule has 2 aromatic carbocycles. The fourth-order valence-electron chi connectivity index (χ4n) is 2.18. The summed E-state index contributed by atoms with van der Waals surface area (Å²) in [5, 5.41) is 0. The molecular weight excluding hydrogens is 244 g/mol. The molecule has 0 amide bonds. The molecular formula is C15H12O2S. The lowest BCUT2D eigenvalue weighted by Crippen LogP contribution is -2.08. The Kier molecular flexibility index (Phi) is 2.84. The molecule has 0 atom stereocenters. The van der Waals surface area contributed by atoms with Gasteiger partial charge in [0.1, 0.15) is 0 Å². The van der Waals surface area contributed by atoms with Crippen LogP contribution in [-0.4, -0.2) is 13.1 Å². The van der Waals surface area contributed by atoms with Crippen LogP contribution in [0, 0.1) is 0 Å². The Morgan fingerprint density at radius 1 is 1.11 bits per heavy atom. The maximum atomic E-state index is 11.8. The number of fused-ring (bicyclic) bond motifs is 2. The first kappa shape index (κ1) is 11.4. The van der Waals surface area contributed by atoms with Crippen LogP contribution in [0.3, 0.4) is 0 Å². The van der Waals surface area contributed by atoms with Crippen LogP contribution >= 0.6 is 11.8 Å². The number of carbonyl (C=O) groups excluding carboxylic acids is 1. The summed E-state index contributed by atoms with van der Waals surface area (Å²) in [5.74, 6) is -0.265. The van der Waals surface area contributed by atoms with Crippen molar-refractivity contribution in [1.82, 2.24) is 0 Å². The highest BCUT2D eigenvalue weighted by Crippen LogP contribution is 2.41. The van der Waals surface area contributed by atoms with Crippen molar-refractivity contribution in [2.45, 2.75) is 16.2 Å². The molecule has 90 valence electrons. The van der Waals surface area contributed by atoms with Gasteiger partial charge in [-0.3, -0.25) is 0 Å². The number of rotatable bonds is 1. The molecule has 3 heteroatoms. The molecule has 0 spiro atoms.